The molecule has 4 heteroatoms. The normalized spacial score (nSPS) is 25.4. The monoisotopic (exact) mass is 266 g/mol. The van der Waals surface area contributed by atoms with Crippen LogP contribution in [0.25, 0.3) is 0 Å². The summed E-state index contributed by atoms with van der Waals surface area (Å²) in [5.41, 5.74) is 0.584. The molecule has 0 aromatic heterocycles. The number of hydrogen-bond acceptors (Lipinski definition) is 4. The Balaban J connectivity index is 1.75. The Labute approximate surface area is 116 Å². The van der Waals surface area contributed by atoms with Crippen molar-refractivity contribution in [2.75, 3.05) is 39.3 Å². The predicted molar refractivity (Wildman–Crippen MR) is 76.0 cm³/mol. The lowest BCUT2D eigenvalue weighted by molar-refractivity contribution is -0.138. The molecule has 2 fully saturated rings. The van der Waals surface area contributed by atoms with E-state index in [0.717, 1.165) is 13.1 Å². The Hall–Kier alpha value is -0.870. The van der Waals surface area contributed by atoms with Crippen LogP contribution in [0.4, 0.5) is 0 Å². The molecule has 0 saturated carbocycles. The molecule has 2 rings (SSSR count). The van der Waals surface area contributed by atoms with Crippen molar-refractivity contribution < 1.29 is 9.53 Å². The van der Waals surface area contributed by atoms with E-state index < -0.39 is 0 Å². The van der Waals surface area contributed by atoms with Crippen molar-refractivity contribution >= 4 is 5.97 Å². The molecular weight excluding hydrogens is 240 g/mol. The van der Waals surface area contributed by atoms with Gasteiger partial charge in [0.1, 0.15) is 0 Å². The quantitative estimate of drug-likeness (QED) is 0.560. The molecule has 2 heterocycles. The second-order valence-electron chi connectivity index (χ2n) is 5.60. The first-order chi connectivity index (χ1) is 9.20. The Morgan fingerprint density at radius 2 is 2.00 bits per heavy atom. The number of carbonyl (C=O) groups is 1. The van der Waals surface area contributed by atoms with Crippen molar-refractivity contribution in [1.82, 2.24) is 9.80 Å². The molecule has 2 aliphatic rings. The smallest absolute Gasteiger partial charge is 0.334 e. The summed E-state index contributed by atoms with van der Waals surface area (Å²) in [4.78, 5) is 16.5. The molecule has 0 bridgehead atoms. The molecule has 0 radical (unpaired) electrons. The third-order valence-corrected chi connectivity index (χ3v) is 4.13. The maximum absolute atomic E-state index is 11.6. The van der Waals surface area contributed by atoms with Crippen molar-refractivity contribution in [2.24, 2.45) is 0 Å². The standard InChI is InChI=1S/C15H26N2O2/c1-3-19-15(18)13(2)11-16-10-7-14(12-16)17-8-5-4-6-9-17/h14H,2-12H2,1H3. The van der Waals surface area contributed by atoms with Gasteiger partial charge in [-0.1, -0.05) is 13.0 Å². The fourth-order valence-corrected chi connectivity index (χ4v) is 3.11. The van der Waals surface area contributed by atoms with Gasteiger partial charge in [0.05, 0.1) is 6.61 Å². The minimum absolute atomic E-state index is 0.246. The van der Waals surface area contributed by atoms with Gasteiger partial charge in [-0.15, -0.1) is 0 Å². The van der Waals surface area contributed by atoms with Crippen LogP contribution in [0.5, 0.6) is 0 Å². The summed E-state index contributed by atoms with van der Waals surface area (Å²) >= 11 is 0. The van der Waals surface area contributed by atoms with Crippen molar-refractivity contribution in [1.29, 1.82) is 0 Å². The first-order valence-corrected chi connectivity index (χ1v) is 7.52. The second kappa shape index (κ2) is 7.06. The number of piperidine rings is 1. The van der Waals surface area contributed by atoms with Crippen LogP contribution in [0, 0.1) is 0 Å². The summed E-state index contributed by atoms with van der Waals surface area (Å²) in [6, 6.07) is 0.676. The van der Waals surface area contributed by atoms with Crippen LogP contribution in [-0.4, -0.2) is 61.1 Å². The Bertz CT molecular complexity index is 324. The zero-order valence-corrected chi connectivity index (χ0v) is 12.1. The van der Waals surface area contributed by atoms with E-state index in [4.69, 9.17) is 4.74 Å². The van der Waals surface area contributed by atoms with E-state index in [1.54, 1.807) is 0 Å². The summed E-state index contributed by atoms with van der Waals surface area (Å²) in [6.45, 7) is 11.4. The number of nitrogens with zero attached hydrogens (tertiary/aromatic N) is 2. The maximum Gasteiger partial charge on any atom is 0.334 e. The topological polar surface area (TPSA) is 32.8 Å². The molecule has 0 aliphatic carbocycles. The lowest BCUT2D eigenvalue weighted by atomic mass is 10.1. The molecule has 0 aromatic carbocycles. The van der Waals surface area contributed by atoms with Crippen molar-refractivity contribution in [2.45, 2.75) is 38.6 Å². The number of likely N-dealkylation sites (tertiary alicyclic amines) is 2. The van der Waals surface area contributed by atoms with E-state index in [0.29, 0.717) is 24.8 Å². The molecule has 0 aromatic rings. The van der Waals surface area contributed by atoms with E-state index >= 15 is 0 Å². The van der Waals surface area contributed by atoms with Crippen LogP contribution in [0.1, 0.15) is 32.6 Å². The van der Waals surface area contributed by atoms with Crippen LogP contribution in [-0.2, 0) is 9.53 Å². The minimum atomic E-state index is -0.246. The second-order valence-corrected chi connectivity index (χ2v) is 5.60. The summed E-state index contributed by atoms with van der Waals surface area (Å²) in [5.74, 6) is -0.246. The fourth-order valence-electron chi connectivity index (χ4n) is 3.11. The molecule has 1 atom stereocenters. The molecule has 0 spiro atoms. The molecule has 0 N–H and O–H groups in total. The van der Waals surface area contributed by atoms with Gasteiger partial charge in [0.25, 0.3) is 0 Å². The summed E-state index contributed by atoms with van der Waals surface area (Å²) in [6.07, 6.45) is 5.28. The Morgan fingerprint density at radius 3 is 2.68 bits per heavy atom. The zero-order chi connectivity index (χ0) is 13.7. The number of ether oxygens (including phenoxy) is 1. The van der Waals surface area contributed by atoms with Crippen molar-refractivity contribution in [3.05, 3.63) is 12.2 Å². The molecule has 2 saturated heterocycles. The highest BCUT2D eigenvalue weighted by atomic mass is 16.5. The highest BCUT2D eigenvalue weighted by molar-refractivity contribution is 5.88. The first kappa shape index (κ1) is 14.5. The lowest BCUT2D eigenvalue weighted by Gasteiger charge is -2.32. The molecule has 19 heavy (non-hydrogen) atoms. The SMILES string of the molecule is C=C(CN1CCC(N2CCCCC2)C1)C(=O)OCC. The van der Waals surface area contributed by atoms with Gasteiger partial charge in [-0.05, 0) is 39.3 Å². The van der Waals surface area contributed by atoms with E-state index in [1.807, 2.05) is 6.92 Å². The number of esters is 1. The predicted octanol–water partition coefficient (Wildman–Crippen LogP) is 1.67. The Morgan fingerprint density at radius 1 is 1.26 bits per heavy atom. The summed E-state index contributed by atoms with van der Waals surface area (Å²) in [7, 11) is 0. The van der Waals surface area contributed by atoms with E-state index in [2.05, 4.69) is 16.4 Å². The molecule has 0 amide bonds. The molecule has 2 aliphatic heterocycles. The van der Waals surface area contributed by atoms with Crippen LogP contribution in [0.15, 0.2) is 12.2 Å². The highest BCUT2D eigenvalue weighted by Gasteiger charge is 2.29. The van der Waals surface area contributed by atoms with Gasteiger partial charge in [0.2, 0.25) is 0 Å². The van der Waals surface area contributed by atoms with E-state index in [-0.39, 0.29) is 5.97 Å². The third-order valence-electron chi connectivity index (χ3n) is 4.13. The van der Waals surface area contributed by atoms with E-state index in [9.17, 15) is 4.79 Å². The Kier molecular flexibility index (Phi) is 5.40. The number of carbonyl (C=O) groups excluding carboxylic acids is 1. The summed E-state index contributed by atoms with van der Waals surface area (Å²) in [5, 5.41) is 0. The molecule has 1 unspecified atom stereocenters. The summed E-state index contributed by atoms with van der Waals surface area (Å²) < 4.78 is 4.98. The third kappa shape index (κ3) is 4.05. The van der Waals surface area contributed by atoms with E-state index in [1.165, 1.54) is 38.8 Å². The largest absolute Gasteiger partial charge is 0.463 e. The fraction of sp³-hybridized carbons (Fsp3) is 0.800. The van der Waals surface area contributed by atoms with Gasteiger partial charge in [0.15, 0.2) is 0 Å². The van der Waals surface area contributed by atoms with Gasteiger partial charge in [0, 0.05) is 31.2 Å². The van der Waals surface area contributed by atoms with Crippen molar-refractivity contribution in [3.63, 3.8) is 0 Å². The van der Waals surface area contributed by atoms with Crippen LogP contribution in [0.2, 0.25) is 0 Å². The van der Waals surface area contributed by atoms with Gasteiger partial charge >= 0.3 is 5.97 Å². The number of hydrogen-bond donors (Lipinski definition) is 0. The van der Waals surface area contributed by atoms with Gasteiger partial charge < -0.3 is 4.74 Å². The van der Waals surface area contributed by atoms with Crippen LogP contribution < -0.4 is 0 Å². The average molecular weight is 266 g/mol. The maximum atomic E-state index is 11.6. The zero-order valence-electron chi connectivity index (χ0n) is 12.1. The first-order valence-electron chi connectivity index (χ1n) is 7.52. The lowest BCUT2D eigenvalue weighted by Crippen LogP contribution is -2.41. The molecular formula is C15H26N2O2. The number of rotatable bonds is 5. The average Bonchev–Trinajstić information content (AvgIpc) is 2.88. The van der Waals surface area contributed by atoms with Gasteiger partial charge in [-0.3, -0.25) is 9.80 Å². The van der Waals surface area contributed by atoms with Crippen molar-refractivity contribution in [3.8, 4) is 0 Å². The highest BCUT2D eigenvalue weighted by Crippen LogP contribution is 2.20. The van der Waals surface area contributed by atoms with Crippen LogP contribution in [0.3, 0.4) is 0 Å². The van der Waals surface area contributed by atoms with Gasteiger partial charge in [-0.25, -0.2) is 4.79 Å². The molecule has 108 valence electrons. The molecule has 4 nitrogen and oxygen atoms in total. The van der Waals surface area contributed by atoms with Gasteiger partial charge in [-0.2, -0.15) is 0 Å². The van der Waals surface area contributed by atoms with Crippen LogP contribution >= 0.6 is 0 Å². The minimum Gasteiger partial charge on any atom is -0.463 e.